The van der Waals surface area contributed by atoms with Gasteiger partial charge in [-0.15, -0.1) is 0 Å². The standard InChI is InChI=1S/C80H135NO8/c1-6-8-10-12-14-16-18-20-22-24-26-28-30-32-34-36-38-39-41-42-44-46-48-50-52-54-56-58-60-62-64-66-68-70-77(82)87-74-76(75-88-80(79(84)85)86-73-72-81(3,4)5)89-78(83)71-69-67-65-63-61-59-57-55-53-51-49-47-45-43-40-37-35-33-31-29-27-25-23-21-19-17-15-13-11-9-7-2/h9,11,15,17-18,20-21,23-24,26-27,29-30,32-33,35,40,43,47,49,53,55,76,80H,6-8,10,12-14,16,19,22,25,28,31,34,36-39,41-42,44-46,48,50-52,54,56-75H2,1-5H3/b11-9-,17-15-,20-18-,23-21-,26-24-,29-27-,32-30-,35-33-,43-40-,49-47-,55-53-. The number of unbranched alkanes of at least 4 members (excludes halogenated alkanes) is 29. The van der Waals surface area contributed by atoms with E-state index in [0.29, 0.717) is 17.4 Å². The number of hydrogen-bond acceptors (Lipinski definition) is 8. The molecule has 2 atom stereocenters. The molecule has 0 amide bonds. The zero-order valence-electron chi connectivity index (χ0n) is 58.0. The highest BCUT2D eigenvalue weighted by molar-refractivity contribution is 5.70. The number of aliphatic carboxylic acids is 1. The Morgan fingerprint density at radius 3 is 0.955 bits per heavy atom. The largest absolute Gasteiger partial charge is 0.545 e. The van der Waals surface area contributed by atoms with Crippen molar-refractivity contribution in [3.8, 4) is 0 Å². The summed E-state index contributed by atoms with van der Waals surface area (Å²) in [4.78, 5) is 37.5. The number of carbonyl (C=O) groups is 3. The summed E-state index contributed by atoms with van der Waals surface area (Å²) < 4.78 is 22.8. The minimum absolute atomic E-state index is 0.139. The molecule has 0 heterocycles. The maximum Gasteiger partial charge on any atom is 0.306 e. The van der Waals surface area contributed by atoms with E-state index in [1.54, 1.807) is 0 Å². The lowest BCUT2D eigenvalue weighted by molar-refractivity contribution is -0.870. The lowest BCUT2D eigenvalue weighted by atomic mass is 10.0. The predicted octanol–water partition coefficient (Wildman–Crippen LogP) is 21.6. The van der Waals surface area contributed by atoms with Crippen LogP contribution >= 0.6 is 0 Å². The average Bonchev–Trinajstić information content (AvgIpc) is 3.64. The van der Waals surface area contributed by atoms with Crippen LogP contribution in [0.4, 0.5) is 0 Å². The van der Waals surface area contributed by atoms with Crippen LogP contribution in [0, 0.1) is 0 Å². The van der Waals surface area contributed by atoms with Gasteiger partial charge in [-0.1, -0.05) is 302 Å². The van der Waals surface area contributed by atoms with Crippen molar-refractivity contribution in [2.45, 2.75) is 309 Å². The molecule has 0 aliphatic heterocycles. The second-order valence-electron chi connectivity index (χ2n) is 25.1. The van der Waals surface area contributed by atoms with E-state index in [2.05, 4.69) is 148 Å². The number of carboxylic acid groups (broad SMARTS) is 1. The van der Waals surface area contributed by atoms with Crippen molar-refractivity contribution in [2.75, 3.05) is 47.5 Å². The topological polar surface area (TPSA) is 111 Å². The van der Waals surface area contributed by atoms with Gasteiger partial charge >= 0.3 is 11.9 Å². The van der Waals surface area contributed by atoms with Gasteiger partial charge in [0.2, 0.25) is 0 Å². The number of nitrogens with zero attached hydrogens (tertiary/aromatic N) is 1. The number of likely N-dealkylation sites (N-methyl/N-ethyl adjacent to an activating group) is 1. The van der Waals surface area contributed by atoms with Gasteiger partial charge in [0.1, 0.15) is 13.2 Å². The summed E-state index contributed by atoms with van der Waals surface area (Å²) in [6, 6.07) is 0. The van der Waals surface area contributed by atoms with Gasteiger partial charge in [0.15, 0.2) is 12.4 Å². The van der Waals surface area contributed by atoms with Gasteiger partial charge in [-0.05, 0) is 116 Å². The Bertz CT molecular complexity index is 1930. The summed E-state index contributed by atoms with van der Waals surface area (Å²) in [5, 5.41) is 11.8. The summed E-state index contributed by atoms with van der Waals surface area (Å²) in [7, 11) is 5.92. The third-order valence-electron chi connectivity index (χ3n) is 15.4. The van der Waals surface area contributed by atoms with Crippen molar-refractivity contribution < 1.29 is 42.9 Å². The monoisotopic (exact) mass is 1240 g/mol. The van der Waals surface area contributed by atoms with Gasteiger partial charge in [-0.25, -0.2) is 0 Å². The lowest BCUT2D eigenvalue weighted by Crippen LogP contribution is -2.44. The number of quaternary nitrogens is 1. The minimum Gasteiger partial charge on any atom is -0.545 e. The van der Waals surface area contributed by atoms with E-state index >= 15 is 0 Å². The van der Waals surface area contributed by atoms with Crippen LogP contribution in [-0.4, -0.2) is 82.3 Å². The molecule has 9 nitrogen and oxygen atoms in total. The molecule has 0 N–H and O–H groups in total. The Balaban J connectivity index is 4.16. The Hall–Kier alpha value is -4.57. The maximum absolute atomic E-state index is 12.9. The van der Waals surface area contributed by atoms with Crippen LogP contribution in [0.25, 0.3) is 0 Å². The van der Waals surface area contributed by atoms with Gasteiger partial charge in [0.25, 0.3) is 0 Å². The minimum atomic E-state index is -1.63. The summed E-state index contributed by atoms with van der Waals surface area (Å²) in [5.74, 6) is -2.30. The zero-order valence-corrected chi connectivity index (χ0v) is 58.0. The van der Waals surface area contributed by atoms with Crippen LogP contribution < -0.4 is 5.11 Å². The molecular formula is C80H135NO8. The second kappa shape index (κ2) is 69.3. The van der Waals surface area contributed by atoms with E-state index in [1.165, 1.54) is 141 Å². The SMILES string of the molecule is CC/C=C\C/C=C\C/C=C\C/C=C\C/C=C\C/C=C\C/C=C\C/C=C\CCCCCCCCC(=O)OC(COC(=O)CCCCCCCCCCCCCCCCCCCC/C=C\C/C=C\C/C=C\CCCCCCC)COC(OCC[N+](C)(C)C)C(=O)[O-]. The molecule has 0 fully saturated rings. The van der Waals surface area contributed by atoms with Gasteiger partial charge in [-0.3, -0.25) is 9.59 Å². The molecule has 0 aromatic heterocycles. The fraction of sp³-hybridized carbons (Fsp3) is 0.688. The first-order valence-corrected chi connectivity index (χ1v) is 36.3. The number of esters is 2. The van der Waals surface area contributed by atoms with E-state index in [-0.39, 0.29) is 38.6 Å². The van der Waals surface area contributed by atoms with Gasteiger partial charge in [0, 0.05) is 12.8 Å². The smallest absolute Gasteiger partial charge is 0.306 e. The van der Waals surface area contributed by atoms with Crippen molar-refractivity contribution >= 4 is 17.9 Å². The van der Waals surface area contributed by atoms with E-state index in [9.17, 15) is 19.5 Å². The van der Waals surface area contributed by atoms with Crippen LogP contribution in [-0.2, 0) is 33.3 Å². The zero-order chi connectivity index (χ0) is 64.7. The Morgan fingerprint density at radius 2 is 0.640 bits per heavy atom. The molecule has 508 valence electrons. The highest BCUT2D eigenvalue weighted by Crippen LogP contribution is 2.17. The molecule has 0 spiro atoms. The molecule has 0 saturated carbocycles. The fourth-order valence-electron chi connectivity index (χ4n) is 9.86. The van der Waals surface area contributed by atoms with Gasteiger partial charge < -0.3 is 33.3 Å². The third-order valence-corrected chi connectivity index (χ3v) is 15.4. The molecule has 0 aromatic rings. The van der Waals surface area contributed by atoms with E-state index in [0.717, 1.165) is 122 Å². The van der Waals surface area contributed by atoms with Crippen LogP contribution in [0.5, 0.6) is 0 Å². The van der Waals surface area contributed by atoms with Crippen molar-refractivity contribution in [3.63, 3.8) is 0 Å². The molecular weight excluding hydrogens is 1100 g/mol. The number of carboxylic acids is 1. The summed E-state index contributed by atoms with van der Waals surface area (Å²) >= 11 is 0. The van der Waals surface area contributed by atoms with Crippen LogP contribution in [0.1, 0.15) is 296 Å². The first-order chi connectivity index (χ1) is 43.6. The summed E-state index contributed by atoms with van der Waals surface area (Å²) in [5.41, 5.74) is 0. The van der Waals surface area contributed by atoms with Crippen LogP contribution in [0.15, 0.2) is 134 Å². The summed E-state index contributed by atoms with van der Waals surface area (Å²) in [6.45, 7) is 4.62. The highest BCUT2D eigenvalue weighted by Gasteiger charge is 2.22. The first kappa shape index (κ1) is 84.4. The molecule has 2 unspecified atom stereocenters. The quantitative estimate of drug-likeness (QED) is 0.0195. The van der Waals surface area contributed by atoms with E-state index in [1.807, 2.05) is 21.1 Å². The lowest BCUT2D eigenvalue weighted by Gasteiger charge is -2.26. The van der Waals surface area contributed by atoms with Crippen molar-refractivity contribution in [3.05, 3.63) is 134 Å². The molecule has 0 saturated heterocycles. The number of hydrogen-bond donors (Lipinski definition) is 0. The number of ether oxygens (including phenoxy) is 4. The maximum atomic E-state index is 12.9. The van der Waals surface area contributed by atoms with E-state index in [4.69, 9.17) is 18.9 Å². The van der Waals surface area contributed by atoms with Crippen LogP contribution in [0.3, 0.4) is 0 Å². The fourth-order valence-corrected chi connectivity index (χ4v) is 9.86. The second-order valence-corrected chi connectivity index (χ2v) is 25.1. The molecule has 0 rings (SSSR count). The third kappa shape index (κ3) is 70.7. The number of rotatable bonds is 66. The normalized spacial score (nSPS) is 13.5. The number of allylic oxidation sites excluding steroid dienone is 22. The highest BCUT2D eigenvalue weighted by atomic mass is 16.7. The number of carbonyl (C=O) groups excluding carboxylic acids is 3. The molecule has 0 aromatic carbocycles. The van der Waals surface area contributed by atoms with Crippen molar-refractivity contribution in [2.24, 2.45) is 0 Å². The first-order valence-electron chi connectivity index (χ1n) is 36.3. The molecule has 9 heteroatoms. The Labute approximate surface area is 548 Å². The predicted molar refractivity (Wildman–Crippen MR) is 379 cm³/mol. The molecule has 89 heavy (non-hydrogen) atoms. The molecule has 0 aliphatic carbocycles. The van der Waals surface area contributed by atoms with Gasteiger partial charge in [-0.2, -0.15) is 0 Å². The molecule has 0 aliphatic rings. The average molecular weight is 1240 g/mol. The Kier molecular flexibility index (Phi) is 65.8. The Morgan fingerprint density at radius 1 is 0.348 bits per heavy atom. The summed E-state index contributed by atoms with van der Waals surface area (Å²) in [6.07, 6.45) is 96.8. The van der Waals surface area contributed by atoms with Gasteiger partial charge in [0.05, 0.1) is 40.3 Å². The molecule has 0 bridgehead atoms. The van der Waals surface area contributed by atoms with Crippen molar-refractivity contribution in [1.82, 2.24) is 0 Å². The molecule has 0 radical (unpaired) electrons. The van der Waals surface area contributed by atoms with Crippen LogP contribution in [0.2, 0.25) is 0 Å². The van der Waals surface area contributed by atoms with Crippen molar-refractivity contribution in [1.29, 1.82) is 0 Å². The van der Waals surface area contributed by atoms with E-state index < -0.39 is 24.3 Å².